The van der Waals surface area contributed by atoms with E-state index in [-0.39, 0.29) is 5.91 Å². The maximum atomic E-state index is 12.9. The van der Waals surface area contributed by atoms with Crippen molar-refractivity contribution < 1.29 is 9.53 Å². The minimum absolute atomic E-state index is 0.103. The summed E-state index contributed by atoms with van der Waals surface area (Å²) >= 11 is 0. The van der Waals surface area contributed by atoms with Gasteiger partial charge in [0.2, 0.25) is 0 Å². The topological polar surface area (TPSA) is 45.7 Å². The molecule has 5 nitrogen and oxygen atoms in total. The lowest BCUT2D eigenvalue weighted by molar-refractivity contribution is 0.0747. The lowest BCUT2D eigenvalue weighted by Gasteiger charge is -2.27. The fourth-order valence-electron chi connectivity index (χ4n) is 3.00. The Bertz CT molecular complexity index is 493. The first-order valence-electron chi connectivity index (χ1n) is 8.18. The van der Waals surface area contributed by atoms with Crippen LogP contribution in [0.4, 0.5) is 5.82 Å². The molecular weight excluding hydrogens is 278 g/mol. The molecule has 0 bridgehead atoms. The van der Waals surface area contributed by atoms with E-state index < -0.39 is 0 Å². The summed E-state index contributed by atoms with van der Waals surface area (Å²) in [7, 11) is 1.69. The molecule has 0 N–H and O–H groups in total. The predicted octanol–water partition coefficient (Wildman–Crippen LogP) is 2.57. The van der Waals surface area contributed by atoms with Gasteiger partial charge in [0.15, 0.2) is 0 Å². The van der Waals surface area contributed by atoms with Gasteiger partial charge in [-0.1, -0.05) is 6.92 Å². The van der Waals surface area contributed by atoms with E-state index in [1.807, 2.05) is 17.0 Å². The van der Waals surface area contributed by atoms with E-state index in [0.717, 1.165) is 44.7 Å². The first kappa shape index (κ1) is 16.7. The van der Waals surface area contributed by atoms with Crippen LogP contribution in [0.1, 0.15) is 43.5 Å². The van der Waals surface area contributed by atoms with Crippen molar-refractivity contribution in [3.63, 3.8) is 0 Å². The number of aromatic nitrogens is 1. The van der Waals surface area contributed by atoms with Gasteiger partial charge >= 0.3 is 0 Å². The van der Waals surface area contributed by atoms with E-state index in [1.54, 1.807) is 13.3 Å². The minimum Gasteiger partial charge on any atom is -0.383 e. The van der Waals surface area contributed by atoms with Crippen molar-refractivity contribution >= 4 is 11.7 Å². The Morgan fingerprint density at radius 3 is 2.95 bits per heavy atom. The van der Waals surface area contributed by atoms with Gasteiger partial charge in [-0.15, -0.1) is 0 Å². The van der Waals surface area contributed by atoms with Crippen LogP contribution >= 0.6 is 0 Å². The van der Waals surface area contributed by atoms with Crippen LogP contribution in [-0.4, -0.2) is 55.2 Å². The van der Waals surface area contributed by atoms with Gasteiger partial charge in [0.05, 0.1) is 12.2 Å². The molecule has 22 heavy (non-hydrogen) atoms. The summed E-state index contributed by atoms with van der Waals surface area (Å²) in [6, 6.07) is 4.06. The fraction of sp³-hybridized carbons (Fsp3) is 0.647. The summed E-state index contributed by atoms with van der Waals surface area (Å²) in [5.74, 6) is 0.886. The summed E-state index contributed by atoms with van der Waals surface area (Å²) in [6.45, 7) is 7.35. The molecule has 1 atom stereocenters. The third-order valence-corrected chi connectivity index (χ3v) is 4.19. The van der Waals surface area contributed by atoms with Crippen LogP contribution in [0.3, 0.4) is 0 Å². The van der Waals surface area contributed by atoms with Crippen LogP contribution in [-0.2, 0) is 4.74 Å². The van der Waals surface area contributed by atoms with Gasteiger partial charge in [0.25, 0.3) is 5.91 Å². The zero-order valence-electron chi connectivity index (χ0n) is 13.9. The number of nitrogens with zero attached hydrogens (tertiary/aromatic N) is 3. The molecule has 2 heterocycles. The molecule has 5 heteroatoms. The SMILES string of the molecule is CCCN(CCOC)c1ncccc1C(=O)N1CCCC1C. The van der Waals surface area contributed by atoms with E-state index >= 15 is 0 Å². The van der Waals surface area contributed by atoms with Crippen molar-refractivity contribution in [3.05, 3.63) is 23.9 Å². The van der Waals surface area contributed by atoms with Crippen LogP contribution in [0.25, 0.3) is 0 Å². The number of hydrogen-bond donors (Lipinski definition) is 0. The van der Waals surface area contributed by atoms with Crippen molar-refractivity contribution in [2.45, 2.75) is 39.2 Å². The fourth-order valence-corrected chi connectivity index (χ4v) is 3.00. The third-order valence-electron chi connectivity index (χ3n) is 4.19. The van der Waals surface area contributed by atoms with Crippen LogP contribution in [0.15, 0.2) is 18.3 Å². The summed E-state index contributed by atoms with van der Waals surface area (Å²) in [5.41, 5.74) is 0.709. The molecule has 1 aliphatic rings. The molecule has 122 valence electrons. The van der Waals surface area contributed by atoms with Crippen molar-refractivity contribution in [2.75, 3.05) is 38.3 Å². The highest BCUT2D eigenvalue weighted by atomic mass is 16.5. The van der Waals surface area contributed by atoms with Gasteiger partial charge in [-0.3, -0.25) is 4.79 Å². The van der Waals surface area contributed by atoms with Crippen LogP contribution in [0.2, 0.25) is 0 Å². The van der Waals surface area contributed by atoms with Crippen molar-refractivity contribution in [1.82, 2.24) is 9.88 Å². The molecule has 1 saturated heterocycles. The van der Waals surface area contributed by atoms with Gasteiger partial charge < -0.3 is 14.5 Å². The molecule has 1 fully saturated rings. The Balaban J connectivity index is 2.25. The summed E-state index contributed by atoms with van der Waals surface area (Å²) in [4.78, 5) is 21.5. The second kappa shape index (κ2) is 8.13. The number of carbonyl (C=O) groups is 1. The number of methoxy groups -OCH3 is 1. The number of pyridine rings is 1. The molecule has 0 spiro atoms. The average Bonchev–Trinajstić information content (AvgIpc) is 2.97. The molecule has 1 aliphatic heterocycles. The number of ether oxygens (including phenoxy) is 1. The van der Waals surface area contributed by atoms with Gasteiger partial charge in [-0.2, -0.15) is 0 Å². The molecule has 0 aromatic carbocycles. The molecule has 0 aliphatic carbocycles. The molecule has 1 amide bonds. The predicted molar refractivity (Wildman–Crippen MR) is 88.3 cm³/mol. The summed E-state index contributed by atoms with van der Waals surface area (Å²) in [5, 5.41) is 0. The zero-order chi connectivity index (χ0) is 15.9. The minimum atomic E-state index is 0.103. The zero-order valence-corrected chi connectivity index (χ0v) is 13.9. The van der Waals surface area contributed by atoms with Crippen molar-refractivity contribution in [2.24, 2.45) is 0 Å². The number of hydrogen-bond acceptors (Lipinski definition) is 4. The number of amides is 1. The standard InChI is InChI=1S/C17H27N3O2/c1-4-10-19(12-13-22-3)16-15(8-5-9-18-16)17(21)20-11-6-7-14(20)2/h5,8-9,14H,4,6-7,10-13H2,1-3H3. The van der Waals surface area contributed by atoms with E-state index in [9.17, 15) is 4.79 Å². The second-order valence-corrected chi connectivity index (χ2v) is 5.84. The Morgan fingerprint density at radius 2 is 2.32 bits per heavy atom. The molecule has 1 aromatic heterocycles. The number of anilines is 1. The first-order chi connectivity index (χ1) is 10.7. The first-order valence-corrected chi connectivity index (χ1v) is 8.18. The van der Waals surface area contributed by atoms with Gasteiger partial charge in [-0.05, 0) is 38.3 Å². The largest absolute Gasteiger partial charge is 0.383 e. The van der Waals surface area contributed by atoms with Crippen LogP contribution < -0.4 is 4.90 Å². The van der Waals surface area contributed by atoms with E-state index in [1.165, 1.54) is 0 Å². The van der Waals surface area contributed by atoms with Crippen molar-refractivity contribution in [3.8, 4) is 0 Å². The number of carbonyl (C=O) groups excluding carboxylic acids is 1. The van der Waals surface area contributed by atoms with E-state index in [2.05, 4.69) is 23.7 Å². The maximum absolute atomic E-state index is 12.9. The Hall–Kier alpha value is -1.62. The molecule has 2 rings (SSSR count). The monoisotopic (exact) mass is 305 g/mol. The summed E-state index contributed by atoms with van der Waals surface area (Å²) in [6.07, 6.45) is 4.94. The molecule has 1 unspecified atom stereocenters. The van der Waals surface area contributed by atoms with Crippen molar-refractivity contribution in [1.29, 1.82) is 0 Å². The number of rotatable bonds is 7. The Morgan fingerprint density at radius 1 is 1.50 bits per heavy atom. The van der Waals surface area contributed by atoms with Crippen LogP contribution in [0, 0.1) is 0 Å². The van der Waals surface area contributed by atoms with E-state index in [4.69, 9.17) is 4.74 Å². The lowest BCUT2D eigenvalue weighted by atomic mass is 10.2. The summed E-state index contributed by atoms with van der Waals surface area (Å²) < 4.78 is 5.19. The number of likely N-dealkylation sites (tertiary alicyclic amines) is 1. The highest BCUT2D eigenvalue weighted by Crippen LogP contribution is 2.24. The Kier molecular flexibility index (Phi) is 6.19. The quantitative estimate of drug-likeness (QED) is 0.777. The van der Waals surface area contributed by atoms with Gasteiger partial charge in [0, 0.05) is 39.0 Å². The lowest BCUT2D eigenvalue weighted by Crippen LogP contribution is -2.36. The maximum Gasteiger partial charge on any atom is 0.257 e. The molecular formula is C17H27N3O2. The third kappa shape index (κ3) is 3.77. The molecule has 1 aromatic rings. The van der Waals surface area contributed by atoms with Crippen LogP contribution in [0.5, 0.6) is 0 Å². The smallest absolute Gasteiger partial charge is 0.257 e. The van der Waals surface area contributed by atoms with Gasteiger partial charge in [0.1, 0.15) is 5.82 Å². The van der Waals surface area contributed by atoms with Gasteiger partial charge in [-0.25, -0.2) is 4.98 Å². The normalized spacial score (nSPS) is 17.8. The average molecular weight is 305 g/mol. The van der Waals surface area contributed by atoms with E-state index in [0.29, 0.717) is 18.2 Å². The Labute approximate surface area is 133 Å². The molecule has 0 radical (unpaired) electrons. The highest BCUT2D eigenvalue weighted by Gasteiger charge is 2.28. The highest BCUT2D eigenvalue weighted by molar-refractivity contribution is 5.99. The second-order valence-electron chi connectivity index (χ2n) is 5.84. The molecule has 0 saturated carbocycles.